The predicted molar refractivity (Wildman–Crippen MR) is 68.0 cm³/mol. The van der Waals surface area contributed by atoms with E-state index in [1.807, 2.05) is 17.7 Å². The van der Waals surface area contributed by atoms with E-state index in [1.165, 1.54) is 19.3 Å². The summed E-state index contributed by atoms with van der Waals surface area (Å²) in [5.41, 5.74) is 0. The van der Waals surface area contributed by atoms with Crippen molar-refractivity contribution in [1.29, 1.82) is 0 Å². The second kappa shape index (κ2) is 5.48. The van der Waals surface area contributed by atoms with Crippen LogP contribution in [0.25, 0.3) is 0 Å². The molecule has 1 aliphatic rings. The van der Waals surface area contributed by atoms with E-state index in [0.717, 1.165) is 25.3 Å². The second-order valence-electron chi connectivity index (χ2n) is 5.04. The molecule has 2 unspecified atom stereocenters. The first-order valence-corrected chi connectivity index (χ1v) is 6.81. The van der Waals surface area contributed by atoms with Gasteiger partial charge in [-0.3, -0.25) is 4.79 Å². The van der Waals surface area contributed by atoms with E-state index >= 15 is 0 Å². The number of rotatable bonds is 4. The molecule has 0 amide bonds. The van der Waals surface area contributed by atoms with Crippen molar-refractivity contribution in [2.45, 2.75) is 52.5 Å². The van der Waals surface area contributed by atoms with Gasteiger partial charge in [0.1, 0.15) is 0 Å². The van der Waals surface area contributed by atoms with E-state index < -0.39 is 0 Å². The van der Waals surface area contributed by atoms with Gasteiger partial charge in [-0.2, -0.15) is 0 Å². The summed E-state index contributed by atoms with van der Waals surface area (Å²) in [5.74, 6) is 1.87. The third kappa shape index (κ3) is 2.59. The van der Waals surface area contributed by atoms with Gasteiger partial charge in [0.25, 0.3) is 0 Å². The molecule has 94 valence electrons. The number of ketones is 1. The number of carbonyl (C=O) groups is 1. The van der Waals surface area contributed by atoms with Gasteiger partial charge in [-0.1, -0.05) is 26.2 Å². The Balaban J connectivity index is 2.09. The number of hydrogen-bond acceptors (Lipinski definition) is 2. The van der Waals surface area contributed by atoms with Gasteiger partial charge in [-0.15, -0.1) is 0 Å². The van der Waals surface area contributed by atoms with Crippen LogP contribution in [-0.2, 0) is 6.54 Å². The van der Waals surface area contributed by atoms with Crippen LogP contribution in [0.1, 0.15) is 56.6 Å². The minimum absolute atomic E-state index is 0.210. The van der Waals surface area contributed by atoms with Gasteiger partial charge in [0.15, 0.2) is 5.82 Å². The van der Waals surface area contributed by atoms with Crippen LogP contribution in [0.15, 0.2) is 12.4 Å². The Morgan fingerprint density at radius 1 is 1.47 bits per heavy atom. The second-order valence-corrected chi connectivity index (χ2v) is 5.04. The topological polar surface area (TPSA) is 34.9 Å². The lowest BCUT2D eigenvalue weighted by Gasteiger charge is -2.27. The van der Waals surface area contributed by atoms with Crippen molar-refractivity contribution in [2.24, 2.45) is 11.8 Å². The highest BCUT2D eigenvalue weighted by atomic mass is 16.1. The van der Waals surface area contributed by atoms with Crippen LogP contribution in [-0.4, -0.2) is 15.3 Å². The Kier molecular flexibility index (Phi) is 3.97. The zero-order valence-corrected chi connectivity index (χ0v) is 10.9. The average molecular weight is 234 g/mol. The third-order valence-electron chi connectivity index (χ3n) is 4.01. The molecule has 1 aliphatic carbocycles. The predicted octanol–water partition coefficient (Wildman–Crippen LogP) is 3.30. The van der Waals surface area contributed by atoms with E-state index in [0.29, 0.717) is 5.82 Å². The van der Waals surface area contributed by atoms with Crippen LogP contribution in [0.4, 0.5) is 0 Å². The van der Waals surface area contributed by atoms with Crippen LogP contribution in [0, 0.1) is 11.8 Å². The molecule has 1 fully saturated rings. The maximum atomic E-state index is 12.4. The van der Waals surface area contributed by atoms with Crippen molar-refractivity contribution >= 4 is 5.78 Å². The molecule has 3 heteroatoms. The van der Waals surface area contributed by atoms with E-state index in [1.54, 1.807) is 6.20 Å². The lowest BCUT2D eigenvalue weighted by Crippen LogP contribution is -2.25. The normalized spacial score (nSPS) is 24.8. The molecular formula is C14H22N2O. The molecule has 1 aromatic rings. The van der Waals surface area contributed by atoms with Gasteiger partial charge in [0, 0.05) is 24.9 Å². The minimum Gasteiger partial charge on any atom is -0.329 e. The largest absolute Gasteiger partial charge is 0.329 e. The zero-order valence-electron chi connectivity index (χ0n) is 10.9. The summed E-state index contributed by atoms with van der Waals surface area (Å²) >= 11 is 0. The molecule has 0 N–H and O–H groups in total. The van der Waals surface area contributed by atoms with Gasteiger partial charge >= 0.3 is 0 Å². The first kappa shape index (κ1) is 12.3. The van der Waals surface area contributed by atoms with Gasteiger partial charge < -0.3 is 4.57 Å². The third-order valence-corrected chi connectivity index (χ3v) is 4.01. The van der Waals surface area contributed by atoms with Crippen LogP contribution in [0.5, 0.6) is 0 Å². The molecule has 1 aromatic heterocycles. The summed E-state index contributed by atoms with van der Waals surface area (Å²) in [6, 6.07) is 0. The zero-order chi connectivity index (χ0) is 12.3. The van der Waals surface area contributed by atoms with Crippen LogP contribution in [0.3, 0.4) is 0 Å². The molecule has 1 saturated carbocycles. The van der Waals surface area contributed by atoms with Gasteiger partial charge in [0.2, 0.25) is 5.78 Å². The molecule has 2 atom stereocenters. The lowest BCUT2D eigenvalue weighted by atomic mass is 9.78. The smallest absolute Gasteiger partial charge is 0.201 e. The van der Waals surface area contributed by atoms with Crippen LogP contribution < -0.4 is 0 Å². The Morgan fingerprint density at radius 3 is 3.00 bits per heavy atom. The van der Waals surface area contributed by atoms with Crippen molar-refractivity contribution < 1.29 is 4.79 Å². The van der Waals surface area contributed by atoms with Crippen molar-refractivity contribution in [1.82, 2.24) is 9.55 Å². The van der Waals surface area contributed by atoms with Crippen molar-refractivity contribution in [3.05, 3.63) is 18.2 Å². The number of aromatic nitrogens is 2. The molecule has 17 heavy (non-hydrogen) atoms. The van der Waals surface area contributed by atoms with Gasteiger partial charge in [0.05, 0.1) is 0 Å². The average Bonchev–Trinajstić information content (AvgIpc) is 2.86. The molecule has 3 nitrogen and oxygen atoms in total. The summed E-state index contributed by atoms with van der Waals surface area (Å²) in [6.07, 6.45) is 9.43. The maximum absolute atomic E-state index is 12.4. The SMILES string of the molecule is CCC1CCCC(C(=O)c2nccn2CC)C1. The van der Waals surface area contributed by atoms with E-state index in [-0.39, 0.29) is 11.7 Å². The lowest BCUT2D eigenvalue weighted by molar-refractivity contribution is 0.0846. The standard InChI is InChI=1S/C14H22N2O/c1-3-11-6-5-7-12(10-11)13(17)14-15-8-9-16(14)4-2/h8-9,11-12H,3-7,10H2,1-2H3. The van der Waals surface area contributed by atoms with Gasteiger partial charge in [-0.05, 0) is 25.7 Å². The molecule has 0 bridgehead atoms. The molecule has 2 rings (SSSR count). The summed E-state index contributed by atoms with van der Waals surface area (Å²) in [5, 5.41) is 0. The number of nitrogens with zero attached hydrogens (tertiary/aromatic N) is 2. The first-order valence-electron chi connectivity index (χ1n) is 6.81. The molecule has 0 aliphatic heterocycles. The van der Waals surface area contributed by atoms with Crippen molar-refractivity contribution in [3.63, 3.8) is 0 Å². The molecule has 0 saturated heterocycles. The first-order chi connectivity index (χ1) is 8.26. The molecule has 0 radical (unpaired) electrons. The fourth-order valence-electron chi connectivity index (χ4n) is 2.87. The van der Waals surface area contributed by atoms with E-state index in [9.17, 15) is 4.79 Å². The highest BCUT2D eigenvalue weighted by Gasteiger charge is 2.29. The summed E-state index contributed by atoms with van der Waals surface area (Å²) in [7, 11) is 0. The number of Topliss-reactive ketones (excluding diaryl/α,β-unsaturated/α-hetero) is 1. The summed E-state index contributed by atoms with van der Waals surface area (Å²) < 4.78 is 1.96. The highest BCUT2D eigenvalue weighted by Crippen LogP contribution is 2.32. The number of aryl methyl sites for hydroxylation is 1. The molecular weight excluding hydrogens is 212 g/mol. The van der Waals surface area contributed by atoms with E-state index in [2.05, 4.69) is 11.9 Å². The Bertz CT molecular complexity index is 383. The summed E-state index contributed by atoms with van der Waals surface area (Å²) in [4.78, 5) is 16.6. The van der Waals surface area contributed by atoms with Crippen molar-refractivity contribution in [3.8, 4) is 0 Å². The highest BCUT2D eigenvalue weighted by molar-refractivity contribution is 5.94. The maximum Gasteiger partial charge on any atom is 0.201 e. The van der Waals surface area contributed by atoms with Crippen LogP contribution >= 0.6 is 0 Å². The Labute approximate surface area is 103 Å². The number of carbonyl (C=O) groups excluding carboxylic acids is 1. The molecule has 1 heterocycles. The minimum atomic E-state index is 0.210. The molecule has 0 spiro atoms. The molecule has 0 aromatic carbocycles. The fraction of sp³-hybridized carbons (Fsp3) is 0.714. The number of imidazole rings is 1. The number of hydrogen-bond donors (Lipinski definition) is 0. The Morgan fingerprint density at radius 2 is 2.29 bits per heavy atom. The fourth-order valence-corrected chi connectivity index (χ4v) is 2.87. The van der Waals surface area contributed by atoms with Crippen LogP contribution in [0.2, 0.25) is 0 Å². The van der Waals surface area contributed by atoms with Crippen molar-refractivity contribution in [2.75, 3.05) is 0 Å². The van der Waals surface area contributed by atoms with Gasteiger partial charge in [-0.25, -0.2) is 4.98 Å². The quantitative estimate of drug-likeness (QED) is 0.749. The Hall–Kier alpha value is -1.12. The van der Waals surface area contributed by atoms with E-state index in [4.69, 9.17) is 0 Å². The monoisotopic (exact) mass is 234 g/mol. The summed E-state index contributed by atoms with van der Waals surface area (Å²) in [6.45, 7) is 5.10.